The molecular weight excluding hydrogens is 487 g/mol. The van der Waals surface area contributed by atoms with Crippen molar-refractivity contribution in [3.8, 4) is 11.4 Å². The third-order valence-electron chi connectivity index (χ3n) is 4.27. The molecule has 154 valence electrons. The maximum absolute atomic E-state index is 13.3. The van der Waals surface area contributed by atoms with E-state index in [2.05, 4.69) is 41.4 Å². The fraction of sp³-hybridized carbons (Fsp3) is 0.111. The number of fused-ring (bicyclic) bond motifs is 1. The second-order valence-electron chi connectivity index (χ2n) is 6.24. The van der Waals surface area contributed by atoms with Crippen molar-refractivity contribution in [2.45, 2.75) is 12.6 Å². The number of rotatable bonds is 4. The van der Waals surface area contributed by atoms with Crippen LogP contribution in [-0.2, 0) is 17.4 Å². The number of amides is 1. The number of nitrogens with zero attached hydrogens (tertiary/aromatic N) is 2. The number of aromatic amines is 2. The van der Waals surface area contributed by atoms with Gasteiger partial charge in [-0.2, -0.15) is 18.3 Å². The zero-order valence-corrected chi connectivity index (χ0v) is 17.2. The highest BCUT2D eigenvalue weighted by Gasteiger charge is 2.32. The van der Waals surface area contributed by atoms with Crippen molar-refractivity contribution in [3.63, 3.8) is 0 Å². The summed E-state index contributed by atoms with van der Waals surface area (Å²) in [5.74, 6) is -0.128. The minimum absolute atomic E-state index is 0.0498. The Kier molecular flexibility index (Phi) is 5.20. The van der Waals surface area contributed by atoms with Gasteiger partial charge in [-0.3, -0.25) is 14.7 Å². The molecule has 0 atom stereocenters. The van der Waals surface area contributed by atoms with Crippen LogP contribution in [0.5, 0.6) is 0 Å². The smallest absolute Gasteiger partial charge is 0.322 e. The molecule has 0 unspecified atom stereocenters. The second kappa shape index (κ2) is 7.69. The van der Waals surface area contributed by atoms with Gasteiger partial charge in [0.2, 0.25) is 5.91 Å². The first-order chi connectivity index (χ1) is 14.2. The van der Waals surface area contributed by atoms with Crippen LogP contribution in [0.4, 0.5) is 18.2 Å². The lowest BCUT2D eigenvalue weighted by Crippen LogP contribution is -2.21. The van der Waals surface area contributed by atoms with Crippen LogP contribution in [0.3, 0.4) is 0 Å². The summed E-state index contributed by atoms with van der Waals surface area (Å²) < 4.78 is 40.6. The Morgan fingerprint density at radius 2 is 2.10 bits per heavy atom. The molecule has 0 spiro atoms. The van der Waals surface area contributed by atoms with Crippen LogP contribution in [0, 0.1) is 0 Å². The van der Waals surface area contributed by atoms with Crippen LogP contribution in [0.1, 0.15) is 11.1 Å². The Morgan fingerprint density at radius 3 is 2.80 bits per heavy atom. The molecular formula is C18H11BrF3N5O2S. The van der Waals surface area contributed by atoms with Gasteiger partial charge < -0.3 is 10.3 Å². The van der Waals surface area contributed by atoms with Crippen LogP contribution in [0.25, 0.3) is 22.3 Å². The highest BCUT2D eigenvalue weighted by Crippen LogP contribution is 2.39. The van der Waals surface area contributed by atoms with Crippen molar-refractivity contribution in [2.75, 3.05) is 5.32 Å². The summed E-state index contributed by atoms with van der Waals surface area (Å²) in [6.07, 6.45) is -3.67. The minimum atomic E-state index is -4.59. The zero-order chi connectivity index (χ0) is 21.5. The van der Waals surface area contributed by atoms with Gasteiger partial charge in [0.25, 0.3) is 5.56 Å². The molecule has 4 rings (SSSR count). The van der Waals surface area contributed by atoms with Crippen molar-refractivity contribution >= 4 is 49.1 Å². The van der Waals surface area contributed by atoms with Crippen molar-refractivity contribution in [2.24, 2.45) is 0 Å². The molecule has 0 fully saturated rings. The van der Waals surface area contributed by atoms with Crippen molar-refractivity contribution in [1.82, 2.24) is 20.2 Å². The molecule has 0 radical (unpaired) electrons. The Labute approximate surface area is 178 Å². The van der Waals surface area contributed by atoms with Gasteiger partial charge in [-0.1, -0.05) is 6.07 Å². The standard InChI is InChI=1S/C18H11BrF3N5O2S/c19-11-6-30-17(14(11)15-23-7-24-27-15)26-13(28)5-8-4-9-10(18(20,21)22)2-1-3-12(9)25-16(8)29/h1-4,6-7H,5H2,(H,25,29)(H,26,28)(H,23,24,27). The summed E-state index contributed by atoms with van der Waals surface area (Å²) in [7, 11) is 0. The normalized spacial score (nSPS) is 11.7. The van der Waals surface area contributed by atoms with Gasteiger partial charge in [0.15, 0.2) is 5.82 Å². The third kappa shape index (κ3) is 3.87. The maximum Gasteiger partial charge on any atom is 0.417 e. The third-order valence-corrected chi connectivity index (χ3v) is 6.10. The summed E-state index contributed by atoms with van der Waals surface area (Å²) in [5.41, 5.74) is -0.951. The SMILES string of the molecule is O=C(Cc1cc2c(C(F)(F)F)cccc2[nH]c1=O)Nc1scc(Br)c1-c1ncn[nH]1. The number of hydrogen-bond acceptors (Lipinski definition) is 5. The number of nitrogens with one attached hydrogen (secondary N) is 3. The topological polar surface area (TPSA) is 104 Å². The Balaban J connectivity index is 1.65. The molecule has 0 bridgehead atoms. The number of carbonyl (C=O) groups is 1. The number of alkyl halides is 3. The predicted octanol–water partition coefficient (Wildman–Crippen LogP) is 4.34. The quantitative estimate of drug-likeness (QED) is 0.390. The summed E-state index contributed by atoms with van der Waals surface area (Å²) in [6.45, 7) is 0. The van der Waals surface area contributed by atoms with Gasteiger partial charge in [-0.05, 0) is 34.1 Å². The van der Waals surface area contributed by atoms with E-state index >= 15 is 0 Å². The molecule has 1 aromatic carbocycles. The van der Waals surface area contributed by atoms with Gasteiger partial charge in [-0.25, -0.2) is 4.98 Å². The first kappa shape index (κ1) is 20.3. The van der Waals surface area contributed by atoms with E-state index in [0.717, 1.165) is 12.1 Å². The molecule has 0 aliphatic heterocycles. The molecule has 4 aromatic rings. The number of thiophene rings is 1. The van der Waals surface area contributed by atoms with Gasteiger partial charge in [-0.15, -0.1) is 11.3 Å². The van der Waals surface area contributed by atoms with E-state index in [1.165, 1.54) is 29.8 Å². The first-order valence-corrected chi connectivity index (χ1v) is 10.1. The number of anilines is 1. The molecule has 3 heterocycles. The lowest BCUT2D eigenvalue weighted by atomic mass is 10.0. The lowest BCUT2D eigenvalue weighted by Gasteiger charge is -2.11. The molecule has 30 heavy (non-hydrogen) atoms. The molecule has 0 saturated carbocycles. The molecule has 0 saturated heterocycles. The molecule has 3 N–H and O–H groups in total. The molecule has 12 heteroatoms. The van der Waals surface area contributed by atoms with Crippen LogP contribution in [0.15, 0.2) is 45.2 Å². The van der Waals surface area contributed by atoms with Crippen molar-refractivity contribution < 1.29 is 18.0 Å². The van der Waals surface area contributed by atoms with Gasteiger partial charge >= 0.3 is 6.18 Å². The van der Waals surface area contributed by atoms with E-state index in [9.17, 15) is 22.8 Å². The first-order valence-electron chi connectivity index (χ1n) is 8.38. The Morgan fingerprint density at radius 1 is 1.30 bits per heavy atom. The average Bonchev–Trinajstić information content (AvgIpc) is 3.30. The van der Waals surface area contributed by atoms with Crippen molar-refractivity contribution in [3.05, 3.63) is 61.9 Å². The summed E-state index contributed by atoms with van der Waals surface area (Å²) in [5, 5.41) is 11.2. The number of halogens is 4. The summed E-state index contributed by atoms with van der Waals surface area (Å²) in [6, 6.07) is 4.63. The molecule has 1 amide bonds. The fourth-order valence-corrected chi connectivity index (χ4v) is 4.60. The fourth-order valence-electron chi connectivity index (χ4n) is 2.97. The summed E-state index contributed by atoms with van der Waals surface area (Å²) in [4.78, 5) is 31.3. The van der Waals surface area contributed by atoms with E-state index in [0.29, 0.717) is 20.9 Å². The minimum Gasteiger partial charge on any atom is -0.322 e. The van der Waals surface area contributed by atoms with Crippen molar-refractivity contribution in [1.29, 1.82) is 0 Å². The highest BCUT2D eigenvalue weighted by molar-refractivity contribution is 9.10. The number of benzene rings is 1. The zero-order valence-electron chi connectivity index (χ0n) is 14.8. The number of aromatic nitrogens is 4. The second-order valence-corrected chi connectivity index (χ2v) is 7.97. The number of carbonyl (C=O) groups excluding carboxylic acids is 1. The van der Waals surface area contributed by atoms with Gasteiger partial charge in [0, 0.05) is 26.3 Å². The number of pyridine rings is 1. The molecule has 0 aliphatic rings. The van der Waals surface area contributed by atoms with E-state index in [1.54, 1.807) is 5.38 Å². The monoisotopic (exact) mass is 497 g/mol. The van der Waals surface area contributed by atoms with Crippen LogP contribution < -0.4 is 10.9 Å². The van der Waals surface area contributed by atoms with Crippen LogP contribution in [0.2, 0.25) is 0 Å². The maximum atomic E-state index is 13.3. The average molecular weight is 498 g/mol. The predicted molar refractivity (Wildman–Crippen MR) is 109 cm³/mol. The Hall–Kier alpha value is -2.99. The lowest BCUT2D eigenvalue weighted by molar-refractivity contribution is -0.136. The van der Waals surface area contributed by atoms with Crippen LogP contribution in [-0.4, -0.2) is 26.1 Å². The highest BCUT2D eigenvalue weighted by atomic mass is 79.9. The largest absolute Gasteiger partial charge is 0.417 e. The number of hydrogen-bond donors (Lipinski definition) is 3. The molecule has 7 nitrogen and oxygen atoms in total. The Bertz CT molecular complexity index is 1300. The summed E-state index contributed by atoms with van der Waals surface area (Å²) >= 11 is 4.59. The van der Waals surface area contributed by atoms with E-state index in [-0.39, 0.29) is 16.5 Å². The van der Waals surface area contributed by atoms with E-state index in [1.807, 2.05) is 0 Å². The molecule has 3 aromatic heterocycles. The number of H-pyrrole nitrogens is 2. The van der Waals surface area contributed by atoms with Gasteiger partial charge in [0.05, 0.1) is 17.5 Å². The van der Waals surface area contributed by atoms with Crippen LogP contribution >= 0.6 is 27.3 Å². The van der Waals surface area contributed by atoms with E-state index in [4.69, 9.17) is 0 Å². The van der Waals surface area contributed by atoms with E-state index < -0.39 is 29.6 Å². The van der Waals surface area contributed by atoms with Gasteiger partial charge in [0.1, 0.15) is 11.3 Å². The molecule has 0 aliphatic carbocycles.